The number of likely N-dealkylation sites (tertiary alicyclic amines) is 1. The van der Waals surface area contributed by atoms with Gasteiger partial charge >= 0.3 is 6.01 Å². The van der Waals surface area contributed by atoms with Gasteiger partial charge in [0.15, 0.2) is 0 Å². The van der Waals surface area contributed by atoms with Gasteiger partial charge in [0.05, 0.1) is 24.6 Å². The maximum Gasteiger partial charge on any atom is 0.316 e. The second-order valence-electron chi connectivity index (χ2n) is 7.13. The molecule has 0 saturated carbocycles. The minimum Gasteiger partial charge on any atom is -0.463 e. The Bertz CT molecular complexity index is 758. The topological polar surface area (TPSA) is 64.6 Å². The summed E-state index contributed by atoms with van der Waals surface area (Å²) in [7, 11) is 0. The molecule has 6 nitrogen and oxygen atoms in total. The van der Waals surface area contributed by atoms with Gasteiger partial charge in [0, 0.05) is 23.9 Å². The molecule has 2 aromatic heterocycles. The third-order valence-corrected chi connectivity index (χ3v) is 6.08. The van der Waals surface area contributed by atoms with Crippen LogP contribution in [-0.2, 0) is 4.74 Å². The van der Waals surface area contributed by atoms with E-state index in [4.69, 9.17) is 9.47 Å². The van der Waals surface area contributed by atoms with Crippen molar-refractivity contribution in [2.75, 3.05) is 26.3 Å². The quantitative estimate of drug-likeness (QED) is 0.806. The van der Waals surface area contributed by atoms with E-state index in [1.165, 1.54) is 4.88 Å². The van der Waals surface area contributed by atoms with E-state index >= 15 is 0 Å². The lowest BCUT2D eigenvalue weighted by molar-refractivity contribution is -0.166. The van der Waals surface area contributed by atoms with Gasteiger partial charge in [-0.05, 0) is 50.3 Å². The number of nitrogens with zero attached hydrogens (tertiary/aromatic N) is 3. The van der Waals surface area contributed by atoms with Crippen molar-refractivity contribution in [2.45, 2.75) is 31.8 Å². The molecular formula is C19H23N3O3S. The summed E-state index contributed by atoms with van der Waals surface area (Å²) >= 11 is 1.56. The molecule has 2 aliphatic rings. The van der Waals surface area contributed by atoms with Gasteiger partial charge in [-0.3, -0.25) is 4.79 Å². The van der Waals surface area contributed by atoms with Gasteiger partial charge < -0.3 is 14.4 Å². The monoisotopic (exact) mass is 373 g/mol. The smallest absolute Gasteiger partial charge is 0.316 e. The standard InChI is InChI=1S/C19H23N3O3S/c1-14-3-4-16(26-14)17(23)22-12-19(13-22)11-15(6-10-25-19)5-9-24-18-20-7-2-8-21-18/h2-4,7-8,15H,5-6,9-13H2,1H3/t15-/m0/s1. The van der Waals surface area contributed by atoms with Gasteiger partial charge in [-0.1, -0.05) is 0 Å². The van der Waals surface area contributed by atoms with Crippen LogP contribution < -0.4 is 4.74 Å². The van der Waals surface area contributed by atoms with Crippen molar-refractivity contribution in [3.05, 3.63) is 40.3 Å². The van der Waals surface area contributed by atoms with Crippen LogP contribution in [0.5, 0.6) is 6.01 Å². The number of hydrogen-bond donors (Lipinski definition) is 0. The van der Waals surface area contributed by atoms with Crippen LogP contribution >= 0.6 is 11.3 Å². The van der Waals surface area contributed by atoms with Crippen molar-refractivity contribution in [1.29, 1.82) is 0 Å². The fourth-order valence-corrected chi connectivity index (χ4v) is 4.61. The van der Waals surface area contributed by atoms with E-state index in [0.29, 0.717) is 31.6 Å². The molecule has 0 aliphatic carbocycles. The summed E-state index contributed by atoms with van der Waals surface area (Å²) in [5.74, 6) is 0.678. The fraction of sp³-hybridized carbons (Fsp3) is 0.526. The zero-order valence-corrected chi connectivity index (χ0v) is 15.7. The molecule has 0 N–H and O–H groups in total. The normalized spacial score (nSPS) is 21.4. The van der Waals surface area contributed by atoms with Crippen molar-refractivity contribution in [1.82, 2.24) is 14.9 Å². The minimum atomic E-state index is -0.159. The van der Waals surface area contributed by atoms with Crippen molar-refractivity contribution >= 4 is 17.2 Å². The number of rotatable bonds is 5. The van der Waals surface area contributed by atoms with Crippen LogP contribution in [0.2, 0.25) is 0 Å². The molecule has 2 fully saturated rings. The van der Waals surface area contributed by atoms with E-state index in [2.05, 4.69) is 9.97 Å². The highest BCUT2D eigenvalue weighted by Gasteiger charge is 2.49. The summed E-state index contributed by atoms with van der Waals surface area (Å²) in [4.78, 5) is 24.6. The average Bonchev–Trinajstić information content (AvgIpc) is 3.07. The zero-order valence-electron chi connectivity index (χ0n) is 14.9. The highest BCUT2D eigenvalue weighted by molar-refractivity contribution is 7.13. The molecule has 4 rings (SSSR count). The molecule has 26 heavy (non-hydrogen) atoms. The Morgan fingerprint density at radius 2 is 2.19 bits per heavy atom. The highest BCUT2D eigenvalue weighted by atomic mass is 32.1. The molecule has 0 radical (unpaired) electrons. The highest BCUT2D eigenvalue weighted by Crippen LogP contribution is 2.39. The lowest BCUT2D eigenvalue weighted by Gasteiger charge is -2.53. The molecule has 2 aliphatic heterocycles. The van der Waals surface area contributed by atoms with Gasteiger partial charge in [-0.25, -0.2) is 9.97 Å². The molecule has 0 bridgehead atoms. The number of thiophene rings is 1. The average molecular weight is 373 g/mol. The van der Waals surface area contributed by atoms with E-state index in [9.17, 15) is 4.79 Å². The molecule has 0 unspecified atom stereocenters. The predicted molar refractivity (Wildman–Crippen MR) is 98.5 cm³/mol. The SMILES string of the molecule is Cc1ccc(C(=O)N2CC3(C[C@@H](CCOc4ncccn4)CCO3)C2)s1. The Hall–Kier alpha value is -1.99. The summed E-state index contributed by atoms with van der Waals surface area (Å²) in [6.45, 7) is 4.79. The molecule has 2 aromatic rings. The van der Waals surface area contributed by atoms with Crippen LogP contribution in [0, 0.1) is 12.8 Å². The van der Waals surface area contributed by atoms with E-state index in [1.54, 1.807) is 29.8 Å². The lowest BCUT2D eigenvalue weighted by atomic mass is 9.79. The first-order valence-electron chi connectivity index (χ1n) is 9.03. The first-order chi connectivity index (χ1) is 12.6. The summed E-state index contributed by atoms with van der Waals surface area (Å²) in [6.07, 6.45) is 6.35. The first kappa shape index (κ1) is 17.4. The Morgan fingerprint density at radius 3 is 2.92 bits per heavy atom. The third kappa shape index (κ3) is 3.73. The minimum absolute atomic E-state index is 0.129. The van der Waals surface area contributed by atoms with Crippen LogP contribution in [0.3, 0.4) is 0 Å². The molecule has 1 atom stereocenters. The van der Waals surface area contributed by atoms with Gasteiger partial charge in [-0.2, -0.15) is 0 Å². The molecule has 1 spiro atoms. The van der Waals surface area contributed by atoms with Crippen molar-refractivity contribution in [3.63, 3.8) is 0 Å². The number of hydrogen-bond acceptors (Lipinski definition) is 6. The van der Waals surface area contributed by atoms with Crippen LogP contribution in [0.15, 0.2) is 30.6 Å². The van der Waals surface area contributed by atoms with Gasteiger partial charge in [0.2, 0.25) is 0 Å². The van der Waals surface area contributed by atoms with Gasteiger partial charge in [0.1, 0.15) is 5.60 Å². The van der Waals surface area contributed by atoms with Crippen LogP contribution in [0.4, 0.5) is 0 Å². The Morgan fingerprint density at radius 1 is 1.38 bits per heavy atom. The Balaban J connectivity index is 1.26. The zero-order chi connectivity index (χ0) is 18.0. The van der Waals surface area contributed by atoms with E-state index < -0.39 is 0 Å². The maximum atomic E-state index is 12.5. The first-order valence-corrected chi connectivity index (χ1v) is 9.85. The molecule has 2 saturated heterocycles. The Kier molecular flexibility index (Phi) is 4.91. The third-order valence-electron chi connectivity index (χ3n) is 5.09. The maximum absolute atomic E-state index is 12.5. The molecule has 1 amide bonds. The van der Waals surface area contributed by atoms with E-state index in [-0.39, 0.29) is 11.5 Å². The van der Waals surface area contributed by atoms with E-state index in [0.717, 1.165) is 30.7 Å². The number of aryl methyl sites for hydroxylation is 1. The largest absolute Gasteiger partial charge is 0.463 e. The van der Waals surface area contributed by atoms with Crippen LogP contribution in [-0.4, -0.2) is 52.7 Å². The van der Waals surface area contributed by atoms with Crippen LogP contribution in [0.1, 0.15) is 33.8 Å². The molecule has 138 valence electrons. The van der Waals surface area contributed by atoms with Crippen molar-refractivity contribution in [2.24, 2.45) is 5.92 Å². The molecule has 4 heterocycles. The summed E-state index contributed by atoms with van der Waals surface area (Å²) < 4.78 is 11.7. The molecular weight excluding hydrogens is 350 g/mol. The van der Waals surface area contributed by atoms with Crippen molar-refractivity contribution in [3.8, 4) is 6.01 Å². The number of aromatic nitrogens is 2. The second-order valence-corrected chi connectivity index (χ2v) is 8.42. The number of carbonyl (C=O) groups is 1. The van der Waals surface area contributed by atoms with Gasteiger partial charge in [0.25, 0.3) is 5.91 Å². The number of carbonyl (C=O) groups excluding carboxylic acids is 1. The number of amides is 1. The summed E-state index contributed by atoms with van der Waals surface area (Å²) in [5.41, 5.74) is -0.159. The van der Waals surface area contributed by atoms with E-state index in [1.807, 2.05) is 24.0 Å². The predicted octanol–water partition coefficient (Wildman–Crippen LogP) is 2.94. The summed E-state index contributed by atoms with van der Waals surface area (Å²) in [6, 6.07) is 6.12. The fourth-order valence-electron chi connectivity index (χ4n) is 3.77. The lowest BCUT2D eigenvalue weighted by Crippen LogP contribution is -2.66. The van der Waals surface area contributed by atoms with Gasteiger partial charge in [-0.15, -0.1) is 11.3 Å². The molecule has 7 heteroatoms. The summed E-state index contributed by atoms with van der Waals surface area (Å²) in [5, 5.41) is 0. The second kappa shape index (κ2) is 7.32. The molecule has 0 aromatic carbocycles. The van der Waals surface area contributed by atoms with Crippen molar-refractivity contribution < 1.29 is 14.3 Å². The number of ether oxygens (including phenoxy) is 2. The van der Waals surface area contributed by atoms with Crippen LogP contribution in [0.25, 0.3) is 0 Å². The Labute approximate surface area is 157 Å².